The van der Waals surface area contributed by atoms with Crippen LogP contribution in [0.15, 0.2) is 97.6 Å². The van der Waals surface area contributed by atoms with E-state index in [2.05, 4.69) is 15.6 Å². The highest BCUT2D eigenvalue weighted by molar-refractivity contribution is 6.07. The number of imidazole rings is 1. The topological polar surface area (TPSA) is 88.4 Å². The van der Waals surface area contributed by atoms with Gasteiger partial charge in [0.1, 0.15) is 5.65 Å². The lowest BCUT2D eigenvalue weighted by Crippen LogP contribution is -2.14. The van der Waals surface area contributed by atoms with Crippen LogP contribution < -0.4 is 10.6 Å². The second-order valence-corrected chi connectivity index (χ2v) is 7.86. The molecule has 166 valence electrons. The lowest BCUT2D eigenvalue weighted by molar-refractivity contribution is 0.101. The summed E-state index contributed by atoms with van der Waals surface area (Å²) in [5.74, 6) is -0.558. The first-order valence-corrected chi connectivity index (χ1v) is 10.7. The van der Waals surface area contributed by atoms with Crippen molar-refractivity contribution in [2.24, 2.45) is 0 Å². The molecule has 3 heterocycles. The van der Waals surface area contributed by atoms with Crippen LogP contribution in [0.25, 0.3) is 16.9 Å². The number of carbonyl (C=O) groups is 2. The molecule has 5 rings (SSSR count). The summed E-state index contributed by atoms with van der Waals surface area (Å²) in [5, 5.41) is 5.69. The summed E-state index contributed by atoms with van der Waals surface area (Å²) in [6.07, 6.45) is 7.05. The maximum absolute atomic E-state index is 12.8. The molecule has 34 heavy (non-hydrogen) atoms. The highest BCUT2D eigenvalue weighted by Crippen LogP contribution is 2.23. The second kappa shape index (κ2) is 8.99. The Morgan fingerprint density at radius 3 is 2.35 bits per heavy atom. The van der Waals surface area contributed by atoms with Crippen molar-refractivity contribution in [1.29, 1.82) is 0 Å². The van der Waals surface area contributed by atoms with Gasteiger partial charge in [0.05, 0.1) is 11.3 Å². The van der Waals surface area contributed by atoms with Crippen molar-refractivity contribution >= 4 is 28.8 Å². The molecule has 7 heteroatoms. The van der Waals surface area contributed by atoms with Gasteiger partial charge in [-0.25, -0.2) is 4.98 Å². The molecule has 0 saturated carbocycles. The van der Waals surface area contributed by atoms with E-state index in [1.165, 1.54) is 6.20 Å². The molecule has 0 atom stereocenters. The number of carbonyl (C=O) groups excluding carboxylic acids is 2. The SMILES string of the molecule is Cc1cccn2cc(-c3ccc(NC(=O)c4cccc(NC(=O)c5cccnc5)c4)cc3)nc12. The normalized spacial score (nSPS) is 10.7. The van der Waals surface area contributed by atoms with Gasteiger partial charge in [0, 0.05) is 47.3 Å². The molecule has 7 nitrogen and oxygen atoms in total. The molecule has 0 fully saturated rings. The zero-order valence-corrected chi connectivity index (χ0v) is 18.4. The maximum Gasteiger partial charge on any atom is 0.257 e. The molecule has 2 aromatic carbocycles. The number of fused-ring (bicyclic) bond motifs is 1. The molecule has 0 unspecified atom stereocenters. The Bertz CT molecular complexity index is 1490. The molecule has 2 amide bonds. The fraction of sp³-hybridized carbons (Fsp3) is 0.0370. The summed E-state index contributed by atoms with van der Waals surface area (Å²) in [6, 6.07) is 21.7. The van der Waals surface area contributed by atoms with E-state index in [4.69, 9.17) is 4.98 Å². The Hall–Kier alpha value is -4.78. The third kappa shape index (κ3) is 4.40. The van der Waals surface area contributed by atoms with E-state index in [1.807, 2.05) is 60.1 Å². The molecule has 0 radical (unpaired) electrons. The molecule has 3 aromatic heterocycles. The van der Waals surface area contributed by atoms with Gasteiger partial charge in [-0.2, -0.15) is 0 Å². The minimum atomic E-state index is -0.289. The fourth-order valence-corrected chi connectivity index (χ4v) is 3.66. The van der Waals surface area contributed by atoms with E-state index >= 15 is 0 Å². The van der Waals surface area contributed by atoms with E-state index in [0.29, 0.717) is 22.5 Å². The number of aryl methyl sites for hydroxylation is 1. The Kier molecular flexibility index (Phi) is 5.58. The van der Waals surface area contributed by atoms with Gasteiger partial charge in [0.2, 0.25) is 0 Å². The van der Waals surface area contributed by atoms with Crippen LogP contribution in [0.5, 0.6) is 0 Å². The summed E-state index contributed by atoms with van der Waals surface area (Å²) >= 11 is 0. The van der Waals surface area contributed by atoms with Crippen LogP contribution in [0.2, 0.25) is 0 Å². The zero-order valence-electron chi connectivity index (χ0n) is 18.4. The first kappa shape index (κ1) is 21.1. The van der Waals surface area contributed by atoms with E-state index < -0.39 is 0 Å². The van der Waals surface area contributed by atoms with Crippen LogP contribution in [0.3, 0.4) is 0 Å². The van der Waals surface area contributed by atoms with Crippen LogP contribution in [0.1, 0.15) is 26.3 Å². The number of anilines is 2. The van der Waals surface area contributed by atoms with Crippen molar-refractivity contribution < 1.29 is 9.59 Å². The van der Waals surface area contributed by atoms with Gasteiger partial charge in [0.15, 0.2) is 0 Å². The van der Waals surface area contributed by atoms with Gasteiger partial charge in [-0.05, 0) is 61.0 Å². The van der Waals surface area contributed by atoms with Crippen LogP contribution in [0, 0.1) is 6.92 Å². The van der Waals surface area contributed by atoms with Crippen LogP contribution in [-0.4, -0.2) is 26.2 Å². The molecule has 5 aromatic rings. The Morgan fingerprint density at radius 2 is 1.59 bits per heavy atom. The smallest absolute Gasteiger partial charge is 0.257 e. The lowest BCUT2D eigenvalue weighted by Gasteiger charge is -2.09. The molecule has 0 aliphatic carbocycles. The number of amides is 2. The minimum Gasteiger partial charge on any atom is -0.322 e. The molecular formula is C27H21N5O2. The second-order valence-electron chi connectivity index (χ2n) is 7.86. The van der Waals surface area contributed by atoms with Crippen LogP contribution in [0.4, 0.5) is 11.4 Å². The number of benzene rings is 2. The number of hydrogen-bond acceptors (Lipinski definition) is 4. The fourth-order valence-electron chi connectivity index (χ4n) is 3.66. The van der Waals surface area contributed by atoms with Gasteiger partial charge in [-0.15, -0.1) is 0 Å². The van der Waals surface area contributed by atoms with Crippen molar-refractivity contribution in [2.45, 2.75) is 6.92 Å². The van der Waals surface area contributed by atoms with Crippen LogP contribution in [-0.2, 0) is 0 Å². The Labute approximate surface area is 196 Å². The van der Waals surface area contributed by atoms with Crippen molar-refractivity contribution in [1.82, 2.24) is 14.4 Å². The summed E-state index contributed by atoms with van der Waals surface area (Å²) in [5.41, 5.74) is 5.92. The predicted molar refractivity (Wildman–Crippen MR) is 132 cm³/mol. The standard InChI is InChI=1S/C27H21N5O2/c1-18-5-4-14-32-17-24(31-25(18)32)19-9-11-22(12-10-19)29-26(33)20-6-2-8-23(15-20)30-27(34)21-7-3-13-28-16-21/h2-17H,1H3,(H,29,33)(H,30,34). The largest absolute Gasteiger partial charge is 0.322 e. The molecule has 0 aliphatic heterocycles. The summed E-state index contributed by atoms with van der Waals surface area (Å²) in [7, 11) is 0. The van der Waals surface area contributed by atoms with E-state index in [-0.39, 0.29) is 11.8 Å². The number of nitrogens with one attached hydrogen (secondary N) is 2. The Balaban J connectivity index is 1.28. The number of nitrogens with zero attached hydrogens (tertiary/aromatic N) is 3. The van der Waals surface area contributed by atoms with Gasteiger partial charge in [-0.1, -0.05) is 24.3 Å². The molecule has 0 bridgehead atoms. The number of pyridine rings is 2. The Morgan fingerprint density at radius 1 is 0.824 bits per heavy atom. The molecule has 0 spiro atoms. The van der Waals surface area contributed by atoms with Gasteiger partial charge >= 0.3 is 0 Å². The van der Waals surface area contributed by atoms with Gasteiger partial charge < -0.3 is 15.0 Å². The monoisotopic (exact) mass is 447 g/mol. The first-order valence-electron chi connectivity index (χ1n) is 10.7. The van der Waals surface area contributed by atoms with E-state index in [9.17, 15) is 9.59 Å². The van der Waals surface area contributed by atoms with Crippen molar-refractivity contribution in [3.05, 3.63) is 114 Å². The highest BCUT2D eigenvalue weighted by Gasteiger charge is 2.11. The molecule has 0 saturated heterocycles. The lowest BCUT2D eigenvalue weighted by atomic mass is 10.1. The number of hydrogen-bond donors (Lipinski definition) is 2. The van der Waals surface area contributed by atoms with Crippen molar-refractivity contribution in [3.63, 3.8) is 0 Å². The number of aromatic nitrogens is 3. The maximum atomic E-state index is 12.8. The average molecular weight is 447 g/mol. The van der Waals surface area contributed by atoms with Crippen molar-refractivity contribution in [3.8, 4) is 11.3 Å². The summed E-state index contributed by atoms with van der Waals surface area (Å²) in [4.78, 5) is 33.8. The first-order chi connectivity index (χ1) is 16.6. The summed E-state index contributed by atoms with van der Waals surface area (Å²) in [6.45, 7) is 2.03. The predicted octanol–water partition coefficient (Wildman–Crippen LogP) is 5.21. The van der Waals surface area contributed by atoms with E-state index in [0.717, 1.165) is 22.5 Å². The summed E-state index contributed by atoms with van der Waals surface area (Å²) < 4.78 is 2.00. The van der Waals surface area contributed by atoms with Crippen molar-refractivity contribution in [2.75, 3.05) is 10.6 Å². The van der Waals surface area contributed by atoms with Gasteiger partial charge in [-0.3, -0.25) is 14.6 Å². The number of rotatable bonds is 5. The minimum absolute atomic E-state index is 0.270. The highest BCUT2D eigenvalue weighted by atomic mass is 16.2. The van der Waals surface area contributed by atoms with Crippen LogP contribution >= 0.6 is 0 Å². The van der Waals surface area contributed by atoms with E-state index in [1.54, 1.807) is 42.6 Å². The zero-order chi connectivity index (χ0) is 23.5. The molecule has 2 N–H and O–H groups in total. The average Bonchev–Trinajstić information content (AvgIpc) is 3.31. The third-order valence-electron chi connectivity index (χ3n) is 5.42. The molecule has 0 aliphatic rings. The quantitative estimate of drug-likeness (QED) is 0.387. The van der Waals surface area contributed by atoms with Gasteiger partial charge in [0.25, 0.3) is 11.8 Å². The molecular weight excluding hydrogens is 426 g/mol. The third-order valence-corrected chi connectivity index (χ3v) is 5.42.